The smallest absolute Gasteiger partial charge is 0.251 e. The molecule has 1 aliphatic heterocycles. The SMILES string of the molecule is CN(C)c1ccc2c(-c3ccc(C(=O)NCCSSCCOCO)cc3C(=O)[O-])c3ccc(=[N+](C)C)cc-3oc2c1. The maximum Gasteiger partial charge on any atom is 0.251 e. The van der Waals surface area contributed by atoms with E-state index in [1.165, 1.54) is 6.07 Å². The van der Waals surface area contributed by atoms with Crippen LogP contribution in [-0.4, -0.2) is 76.6 Å². The third-order valence-electron chi connectivity index (χ3n) is 6.45. The van der Waals surface area contributed by atoms with E-state index in [0.717, 1.165) is 27.7 Å². The van der Waals surface area contributed by atoms with Gasteiger partial charge in [-0.25, -0.2) is 4.58 Å². The molecule has 4 rings (SSSR count). The van der Waals surface area contributed by atoms with E-state index >= 15 is 0 Å². The van der Waals surface area contributed by atoms with E-state index in [9.17, 15) is 14.7 Å². The molecule has 0 unspecified atom stereocenters. The van der Waals surface area contributed by atoms with Crippen LogP contribution in [0.15, 0.2) is 59.0 Å². The number of ether oxygens (including phenoxy) is 1. The van der Waals surface area contributed by atoms with Gasteiger partial charge in [-0.3, -0.25) is 4.79 Å². The molecule has 9 nitrogen and oxygen atoms in total. The molecule has 0 aromatic heterocycles. The number of hydrogen-bond donors (Lipinski definition) is 2. The van der Waals surface area contributed by atoms with Gasteiger partial charge in [-0.05, 0) is 35.9 Å². The van der Waals surface area contributed by atoms with Crippen molar-refractivity contribution in [2.75, 3.05) is 64.5 Å². The molecule has 216 valence electrons. The molecular weight excluding hydrogens is 562 g/mol. The summed E-state index contributed by atoms with van der Waals surface area (Å²) in [5.74, 6) is 0.259. The zero-order valence-electron chi connectivity index (χ0n) is 23.4. The van der Waals surface area contributed by atoms with Crippen molar-refractivity contribution in [1.29, 1.82) is 0 Å². The van der Waals surface area contributed by atoms with Gasteiger partial charge in [-0.2, -0.15) is 0 Å². The summed E-state index contributed by atoms with van der Waals surface area (Å²) in [6.07, 6.45) is 0. The second-order valence-electron chi connectivity index (χ2n) is 9.61. The summed E-state index contributed by atoms with van der Waals surface area (Å²) in [5, 5.41) is 25.6. The van der Waals surface area contributed by atoms with Crippen molar-refractivity contribution in [3.63, 3.8) is 0 Å². The third-order valence-corrected chi connectivity index (χ3v) is 8.82. The average Bonchev–Trinajstić information content (AvgIpc) is 2.96. The normalized spacial score (nSPS) is 11.1. The second-order valence-corrected chi connectivity index (χ2v) is 12.3. The Hall–Kier alpha value is -3.51. The molecular formula is C30H33N3O6S2. The highest BCUT2D eigenvalue weighted by Gasteiger charge is 2.22. The van der Waals surface area contributed by atoms with Crippen molar-refractivity contribution in [3.05, 3.63) is 71.1 Å². The van der Waals surface area contributed by atoms with Crippen molar-refractivity contribution in [2.45, 2.75) is 0 Å². The molecule has 1 heterocycles. The second kappa shape index (κ2) is 13.9. The van der Waals surface area contributed by atoms with Crippen LogP contribution in [0, 0.1) is 0 Å². The van der Waals surface area contributed by atoms with E-state index in [0.29, 0.717) is 41.4 Å². The van der Waals surface area contributed by atoms with Crippen molar-refractivity contribution < 1.29 is 29.0 Å². The Morgan fingerprint density at radius 2 is 1.78 bits per heavy atom. The summed E-state index contributed by atoms with van der Waals surface area (Å²) in [4.78, 5) is 27.3. The van der Waals surface area contributed by atoms with Crippen LogP contribution in [0.1, 0.15) is 20.7 Å². The molecule has 0 saturated heterocycles. The number of nitrogens with zero attached hydrogens (tertiary/aromatic N) is 2. The predicted octanol–water partition coefficient (Wildman–Crippen LogP) is 2.74. The van der Waals surface area contributed by atoms with E-state index < -0.39 is 5.97 Å². The van der Waals surface area contributed by atoms with Crippen molar-refractivity contribution in [2.24, 2.45) is 0 Å². The van der Waals surface area contributed by atoms with Crippen molar-refractivity contribution >= 4 is 50.1 Å². The van der Waals surface area contributed by atoms with Crippen LogP contribution >= 0.6 is 21.6 Å². The Morgan fingerprint density at radius 1 is 1.02 bits per heavy atom. The molecule has 0 atom stereocenters. The van der Waals surface area contributed by atoms with E-state index in [1.807, 2.05) is 74.1 Å². The van der Waals surface area contributed by atoms with Crippen LogP contribution in [0.2, 0.25) is 0 Å². The molecule has 0 fully saturated rings. The van der Waals surface area contributed by atoms with E-state index in [-0.39, 0.29) is 23.8 Å². The first-order valence-corrected chi connectivity index (χ1v) is 15.4. The molecule has 2 aliphatic rings. The highest BCUT2D eigenvalue weighted by Crippen LogP contribution is 2.42. The number of aliphatic hydroxyl groups is 1. The van der Waals surface area contributed by atoms with E-state index in [4.69, 9.17) is 14.3 Å². The van der Waals surface area contributed by atoms with Crippen LogP contribution in [0.3, 0.4) is 0 Å². The standard InChI is InChI=1S/C30H33N3O6S2/c1-32(2)20-6-9-23-26(16-20)39-27-17-21(33(3)4)7-10-24(27)28(23)22-8-5-19(15-25(22)30(36)37)29(35)31-11-13-40-41-14-12-38-18-34/h5-10,15-17,34H,11-14,18H2,1-4H3,(H-,31,35,36,37). The highest BCUT2D eigenvalue weighted by atomic mass is 33.1. The number of carbonyl (C=O) groups excluding carboxylic acids is 2. The first kappa shape index (κ1) is 30.4. The van der Waals surface area contributed by atoms with Gasteiger partial charge in [-0.15, -0.1) is 0 Å². The molecule has 0 saturated carbocycles. The summed E-state index contributed by atoms with van der Waals surface area (Å²) in [5.41, 5.74) is 3.60. The lowest BCUT2D eigenvalue weighted by Crippen LogP contribution is -2.27. The number of carboxylic acid groups (broad SMARTS) is 1. The largest absolute Gasteiger partial charge is 0.545 e. The number of hydrogen-bond acceptors (Lipinski definition) is 9. The number of rotatable bonds is 12. The maximum atomic E-state index is 12.9. The van der Waals surface area contributed by atoms with E-state index in [1.54, 1.807) is 33.7 Å². The molecule has 0 bridgehead atoms. The lowest BCUT2D eigenvalue weighted by molar-refractivity contribution is -0.254. The summed E-state index contributed by atoms with van der Waals surface area (Å²) in [6, 6.07) is 16.3. The predicted molar refractivity (Wildman–Crippen MR) is 164 cm³/mol. The van der Waals surface area contributed by atoms with Gasteiger partial charge >= 0.3 is 0 Å². The van der Waals surface area contributed by atoms with E-state index in [2.05, 4.69) is 5.32 Å². The van der Waals surface area contributed by atoms with Crippen LogP contribution < -0.4 is 25.3 Å². The summed E-state index contributed by atoms with van der Waals surface area (Å²) < 4.78 is 13.2. The van der Waals surface area contributed by atoms with Gasteiger partial charge in [0.2, 0.25) is 5.36 Å². The highest BCUT2D eigenvalue weighted by molar-refractivity contribution is 8.76. The van der Waals surface area contributed by atoms with Crippen LogP contribution in [0.4, 0.5) is 5.69 Å². The number of fused-ring (bicyclic) bond motifs is 2. The topological polar surface area (TPSA) is 118 Å². The van der Waals surface area contributed by atoms with Gasteiger partial charge in [0, 0.05) is 77.6 Å². The molecule has 1 aliphatic carbocycles. The minimum absolute atomic E-state index is 0.0753. The molecule has 11 heteroatoms. The zero-order chi connectivity index (χ0) is 29.5. The number of aromatic carboxylic acids is 1. The number of carbonyl (C=O) groups is 2. The third kappa shape index (κ3) is 7.23. The number of benzene rings is 3. The Bertz CT molecular complexity index is 1600. The number of carboxylic acids is 1. The van der Waals surface area contributed by atoms with Crippen molar-refractivity contribution in [1.82, 2.24) is 9.89 Å². The van der Waals surface area contributed by atoms with Gasteiger partial charge < -0.3 is 34.4 Å². The molecule has 2 N–H and O–H groups in total. The lowest BCUT2D eigenvalue weighted by atomic mass is 9.89. The number of amides is 1. The van der Waals surface area contributed by atoms with Gasteiger partial charge in [0.05, 0.1) is 18.6 Å². The number of nitrogens with one attached hydrogen (secondary N) is 1. The fourth-order valence-corrected chi connectivity index (χ4v) is 6.14. The summed E-state index contributed by atoms with van der Waals surface area (Å²) in [6.45, 7) is 0.568. The summed E-state index contributed by atoms with van der Waals surface area (Å²) >= 11 is 0. The molecule has 0 radical (unpaired) electrons. The monoisotopic (exact) mass is 595 g/mol. The first-order chi connectivity index (χ1) is 19.7. The first-order valence-electron chi connectivity index (χ1n) is 13.0. The lowest BCUT2D eigenvalue weighted by Gasteiger charge is -2.20. The molecule has 41 heavy (non-hydrogen) atoms. The van der Waals surface area contributed by atoms with Gasteiger partial charge in [-0.1, -0.05) is 27.7 Å². The molecule has 0 spiro atoms. The number of aliphatic hydroxyl groups excluding tert-OH is 1. The Kier molecular flexibility index (Phi) is 10.3. The molecule has 2 aromatic rings. The zero-order valence-corrected chi connectivity index (χ0v) is 25.1. The summed E-state index contributed by atoms with van der Waals surface area (Å²) in [7, 11) is 10.9. The van der Waals surface area contributed by atoms with Gasteiger partial charge in [0.15, 0.2) is 0 Å². The molecule has 2 aromatic carbocycles. The van der Waals surface area contributed by atoms with Crippen LogP contribution in [0.5, 0.6) is 0 Å². The Balaban J connectivity index is 1.72. The van der Waals surface area contributed by atoms with Gasteiger partial charge in [0.25, 0.3) is 5.91 Å². The average molecular weight is 596 g/mol. The minimum Gasteiger partial charge on any atom is -0.545 e. The fraction of sp³-hybridized carbons (Fsp3) is 0.300. The Morgan fingerprint density at radius 3 is 2.49 bits per heavy atom. The minimum atomic E-state index is -1.37. The Labute approximate surface area is 246 Å². The van der Waals surface area contributed by atoms with Crippen molar-refractivity contribution in [3.8, 4) is 22.5 Å². The maximum absolute atomic E-state index is 12.9. The van der Waals surface area contributed by atoms with Crippen LogP contribution in [0.25, 0.3) is 33.4 Å². The molecule has 1 amide bonds. The van der Waals surface area contributed by atoms with Gasteiger partial charge in [0.1, 0.15) is 32.2 Å². The fourth-order valence-electron chi connectivity index (χ4n) is 4.37. The number of anilines is 1. The quantitative estimate of drug-likeness (QED) is 0.0838. The van der Waals surface area contributed by atoms with Crippen LogP contribution in [-0.2, 0) is 4.74 Å².